The molecule has 1 atom stereocenters. The topological polar surface area (TPSA) is 13.6 Å². The smallest absolute Gasteiger partial charge is 0.187 e. The summed E-state index contributed by atoms with van der Waals surface area (Å²) < 4.78 is 5.79. The molecular weight excluding hydrogens is 210 g/mol. The summed E-state index contributed by atoms with van der Waals surface area (Å²) in [4.78, 5) is 3.36. The van der Waals surface area contributed by atoms with Crippen molar-refractivity contribution in [3.63, 3.8) is 0 Å². The van der Waals surface area contributed by atoms with E-state index in [4.69, 9.17) is 11.3 Å². The third-order valence-electron chi connectivity index (χ3n) is 2.77. The van der Waals surface area contributed by atoms with Gasteiger partial charge < -0.3 is 4.74 Å². The standard InChI is InChI=1S/C15H21NO/c1-4-5-6-7-8-13(2)17-15-11-9-14(16-3)10-12-15/h9-13H,4-8H2,1-2H3. The van der Waals surface area contributed by atoms with Crippen molar-refractivity contribution in [3.8, 4) is 5.75 Å². The van der Waals surface area contributed by atoms with Gasteiger partial charge in [0.1, 0.15) is 5.75 Å². The van der Waals surface area contributed by atoms with E-state index in [1.165, 1.54) is 25.7 Å². The van der Waals surface area contributed by atoms with Gasteiger partial charge in [-0.25, -0.2) is 4.85 Å². The molecule has 0 N–H and O–H groups in total. The largest absolute Gasteiger partial charge is 0.491 e. The van der Waals surface area contributed by atoms with Gasteiger partial charge in [-0.05, 0) is 31.9 Å². The second-order valence-electron chi connectivity index (χ2n) is 4.38. The second-order valence-corrected chi connectivity index (χ2v) is 4.38. The van der Waals surface area contributed by atoms with E-state index in [1.54, 1.807) is 12.1 Å². The number of hydrogen-bond donors (Lipinski definition) is 0. The van der Waals surface area contributed by atoms with Crippen LogP contribution in [-0.2, 0) is 0 Å². The van der Waals surface area contributed by atoms with Crippen LogP contribution in [0.2, 0.25) is 0 Å². The number of ether oxygens (including phenoxy) is 1. The maximum Gasteiger partial charge on any atom is 0.187 e. The lowest BCUT2D eigenvalue weighted by atomic mass is 10.1. The van der Waals surface area contributed by atoms with Crippen molar-refractivity contribution in [3.05, 3.63) is 35.7 Å². The number of rotatable bonds is 7. The molecule has 0 fully saturated rings. The zero-order valence-electron chi connectivity index (χ0n) is 10.8. The van der Waals surface area contributed by atoms with E-state index in [0.717, 1.165) is 12.2 Å². The van der Waals surface area contributed by atoms with E-state index in [0.29, 0.717) is 5.69 Å². The van der Waals surface area contributed by atoms with E-state index in [1.807, 2.05) is 12.1 Å². The third kappa shape index (κ3) is 5.40. The Morgan fingerprint density at radius 2 is 1.88 bits per heavy atom. The first-order valence-electron chi connectivity index (χ1n) is 6.40. The van der Waals surface area contributed by atoms with Crippen LogP contribution in [0.5, 0.6) is 5.75 Å². The van der Waals surface area contributed by atoms with Gasteiger partial charge in [-0.1, -0.05) is 38.3 Å². The molecule has 17 heavy (non-hydrogen) atoms. The molecule has 2 nitrogen and oxygen atoms in total. The average Bonchev–Trinajstić information content (AvgIpc) is 2.36. The van der Waals surface area contributed by atoms with Crippen LogP contribution < -0.4 is 4.74 Å². The SMILES string of the molecule is [C-]#[N+]c1ccc(OC(C)CCCCCC)cc1. The predicted molar refractivity (Wildman–Crippen MR) is 71.6 cm³/mol. The maximum atomic E-state index is 6.87. The van der Waals surface area contributed by atoms with Crippen molar-refractivity contribution < 1.29 is 4.74 Å². The molecule has 0 aliphatic carbocycles. The molecule has 0 saturated heterocycles. The Hall–Kier alpha value is -1.49. The van der Waals surface area contributed by atoms with Gasteiger partial charge in [0.05, 0.1) is 12.7 Å². The zero-order chi connectivity index (χ0) is 12.5. The number of benzene rings is 1. The summed E-state index contributed by atoms with van der Waals surface area (Å²) in [6.07, 6.45) is 6.46. The van der Waals surface area contributed by atoms with Gasteiger partial charge in [-0.3, -0.25) is 0 Å². The van der Waals surface area contributed by atoms with Crippen molar-refractivity contribution in [2.45, 2.75) is 52.1 Å². The molecule has 92 valence electrons. The Bertz CT molecular complexity index is 350. The van der Waals surface area contributed by atoms with Crippen molar-refractivity contribution >= 4 is 5.69 Å². The minimum Gasteiger partial charge on any atom is -0.491 e. The van der Waals surface area contributed by atoms with Crippen LogP contribution in [0.25, 0.3) is 4.85 Å². The van der Waals surface area contributed by atoms with E-state index < -0.39 is 0 Å². The van der Waals surface area contributed by atoms with Gasteiger partial charge in [0, 0.05) is 0 Å². The zero-order valence-corrected chi connectivity index (χ0v) is 10.8. The minimum absolute atomic E-state index is 0.255. The Balaban J connectivity index is 2.30. The van der Waals surface area contributed by atoms with Gasteiger partial charge in [-0.15, -0.1) is 0 Å². The highest BCUT2D eigenvalue weighted by Crippen LogP contribution is 2.20. The van der Waals surface area contributed by atoms with Crippen LogP contribution in [0.4, 0.5) is 5.69 Å². The van der Waals surface area contributed by atoms with Crippen LogP contribution in [0.15, 0.2) is 24.3 Å². The lowest BCUT2D eigenvalue weighted by molar-refractivity contribution is 0.206. The number of nitrogens with zero attached hydrogens (tertiary/aromatic N) is 1. The van der Waals surface area contributed by atoms with Gasteiger partial charge in [0.25, 0.3) is 0 Å². The summed E-state index contributed by atoms with van der Waals surface area (Å²) in [6, 6.07) is 7.34. The Morgan fingerprint density at radius 1 is 1.18 bits per heavy atom. The lowest BCUT2D eigenvalue weighted by Gasteiger charge is -2.14. The fraction of sp³-hybridized carbons (Fsp3) is 0.533. The first-order valence-corrected chi connectivity index (χ1v) is 6.40. The monoisotopic (exact) mass is 231 g/mol. The molecule has 2 heteroatoms. The van der Waals surface area contributed by atoms with Crippen molar-refractivity contribution in [1.82, 2.24) is 0 Å². The molecule has 0 bridgehead atoms. The quantitative estimate of drug-likeness (QED) is 0.477. The molecule has 0 saturated carbocycles. The molecule has 0 spiro atoms. The molecule has 0 heterocycles. The molecule has 0 amide bonds. The average molecular weight is 231 g/mol. The molecule has 1 rings (SSSR count). The highest BCUT2D eigenvalue weighted by molar-refractivity contribution is 5.46. The fourth-order valence-corrected chi connectivity index (χ4v) is 1.75. The van der Waals surface area contributed by atoms with Gasteiger partial charge >= 0.3 is 0 Å². The maximum absolute atomic E-state index is 6.87. The van der Waals surface area contributed by atoms with Gasteiger partial charge in [0.2, 0.25) is 0 Å². The first-order chi connectivity index (χ1) is 8.26. The highest BCUT2D eigenvalue weighted by atomic mass is 16.5. The molecular formula is C15H21NO. The van der Waals surface area contributed by atoms with Gasteiger partial charge in [0.15, 0.2) is 5.69 Å². The highest BCUT2D eigenvalue weighted by Gasteiger charge is 2.03. The van der Waals surface area contributed by atoms with Crippen LogP contribution in [0, 0.1) is 6.57 Å². The summed E-state index contributed by atoms with van der Waals surface area (Å²) in [5.41, 5.74) is 0.660. The molecule has 1 aromatic rings. The molecule has 1 aromatic carbocycles. The predicted octanol–water partition coefficient (Wildman–Crippen LogP) is 4.98. The molecule has 0 aromatic heterocycles. The summed E-state index contributed by atoms with van der Waals surface area (Å²) in [5.74, 6) is 0.861. The van der Waals surface area contributed by atoms with Crippen molar-refractivity contribution in [1.29, 1.82) is 0 Å². The van der Waals surface area contributed by atoms with Crippen LogP contribution in [0.3, 0.4) is 0 Å². The van der Waals surface area contributed by atoms with E-state index in [-0.39, 0.29) is 6.10 Å². The number of hydrogen-bond acceptors (Lipinski definition) is 1. The van der Waals surface area contributed by atoms with E-state index in [2.05, 4.69) is 18.7 Å². The normalized spacial score (nSPS) is 11.8. The Kier molecular flexibility index (Phi) is 6.17. The lowest BCUT2D eigenvalue weighted by Crippen LogP contribution is -2.11. The Morgan fingerprint density at radius 3 is 2.47 bits per heavy atom. The van der Waals surface area contributed by atoms with Crippen molar-refractivity contribution in [2.24, 2.45) is 0 Å². The summed E-state index contributed by atoms with van der Waals surface area (Å²) in [5, 5.41) is 0. The van der Waals surface area contributed by atoms with Gasteiger partial charge in [-0.2, -0.15) is 0 Å². The number of unbranched alkanes of at least 4 members (excludes halogenated alkanes) is 3. The third-order valence-corrected chi connectivity index (χ3v) is 2.77. The summed E-state index contributed by atoms with van der Waals surface area (Å²) in [6.45, 7) is 11.2. The van der Waals surface area contributed by atoms with E-state index >= 15 is 0 Å². The molecule has 1 unspecified atom stereocenters. The van der Waals surface area contributed by atoms with E-state index in [9.17, 15) is 0 Å². The van der Waals surface area contributed by atoms with Crippen LogP contribution in [0.1, 0.15) is 46.0 Å². The van der Waals surface area contributed by atoms with Crippen LogP contribution in [-0.4, -0.2) is 6.10 Å². The molecule has 0 aliphatic rings. The molecule has 0 radical (unpaired) electrons. The van der Waals surface area contributed by atoms with Crippen molar-refractivity contribution in [2.75, 3.05) is 0 Å². The fourth-order valence-electron chi connectivity index (χ4n) is 1.75. The summed E-state index contributed by atoms with van der Waals surface area (Å²) in [7, 11) is 0. The second kappa shape index (κ2) is 7.73. The minimum atomic E-state index is 0.255. The summed E-state index contributed by atoms with van der Waals surface area (Å²) >= 11 is 0. The Labute approximate surface area is 104 Å². The van der Waals surface area contributed by atoms with Crippen LogP contribution >= 0.6 is 0 Å². The molecule has 0 aliphatic heterocycles. The first kappa shape index (κ1) is 13.6.